The Labute approximate surface area is 115 Å². The van der Waals surface area contributed by atoms with Gasteiger partial charge in [-0.15, -0.1) is 0 Å². The molecule has 2 heterocycles. The molecule has 2 aromatic rings. The van der Waals surface area contributed by atoms with Crippen LogP contribution in [-0.4, -0.2) is 22.0 Å². The number of nitrogens with zero attached hydrogens (tertiary/aromatic N) is 2. The van der Waals surface area contributed by atoms with Crippen molar-refractivity contribution in [1.29, 1.82) is 0 Å². The summed E-state index contributed by atoms with van der Waals surface area (Å²) in [4.78, 5) is 26.8. The summed E-state index contributed by atoms with van der Waals surface area (Å²) in [6, 6.07) is 4.47. The first-order valence-corrected chi connectivity index (χ1v) is 5.43. The van der Waals surface area contributed by atoms with Gasteiger partial charge in [0.05, 0.1) is 0 Å². The van der Waals surface area contributed by atoms with Gasteiger partial charge in [-0.1, -0.05) is 11.2 Å². The van der Waals surface area contributed by atoms with E-state index in [1.807, 2.05) is 10.9 Å². The first-order valence-electron chi connectivity index (χ1n) is 5.43. The lowest BCUT2D eigenvalue weighted by atomic mass is 10.2. The van der Waals surface area contributed by atoms with Crippen LogP contribution < -0.4 is 10.9 Å². The molecular formula is C11H7F3N4O3. The molecule has 0 aliphatic rings. The zero-order valence-corrected chi connectivity index (χ0v) is 10.1. The number of amides is 2. The highest BCUT2D eigenvalue weighted by atomic mass is 19.4. The summed E-state index contributed by atoms with van der Waals surface area (Å²) < 4.78 is 41.6. The molecule has 0 aliphatic carbocycles. The third-order valence-electron chi connectivity index (χ3n) is 2.27. The number of nitrogens with one attached hydrogen (secondary N) is 2. The Balaban J connectivity index is 2.03. The quantitative estimate of drug-likeness (QED) is 0.811. The monoisotopic (exact) mass is 300 g/mol. The molecule has 0 saturated carbocycles. The molecule has 2 amide bonds. The molecule has 0 radical (unpaired) electrons. The fraction of sp³-hybridized carbons (Fsp3) is 0.0909. The molecule has 0 aliphatic heterocycles. The molecule has 2 N–H and O–H groups in total. The number of hydrazine groups is 1. The minimum absolute atomic E-state index is 0.0147. The van der Waals surface area contributed by atoms with Crippen LogP contribution in [0.5, 0.6) is 0 Å². The van der Waals surface area contributed by atoms with E-state index in [2.05, 4.69) is 14.7 Å². The van der Waals surface area contributed by atoms with Crippen molar-refractivity contribution in [3.63, 3.8) is 0 Å². The number of hydrogen-bond donors (Lipinski definition) is 2. The van der Waals surface area contributed by atoms with Crippen LogP contribution >= 0.6 is 0 Å². The van der Waals surface area contributed by atoms with Gasteiger partial charge in [0.25, 0.3) is 11.8 Å². The predicted octanol–water partition coefficient (Wildman–Crippen LogP) is 1.16. The van der Waals surface area contributed by atoms with Gasteiger partial charge >= 0.3 is 6.18 Å². The van der Waals surface area contributed by atoms with Crippen molar-refractivity contribution >= 4 is 11.8 Å². The first-order chi connectivity index (χ1) is 9.89. The van der Waals surface area contributed by atoms with Gasteiger partial charge in [0, 0.05) is 6.20 Å². The molecule has 21 heavy (non-hydrogen) atoms. The van der Waals surface area contributed by atoms with Crippen LogP contribution in [0.3, 0.4) is 0 Å². The van der Waals surface area contributed by atoms with Crippen molar-refractivity contribution in [3.8, 4) is 0 Å². The van der Waals surface area contributed by atoms with Crippen LogP contribution in [0.15, 0.2) is 35.2 Å². The van der Waals surface area contributed by atoms with Gasteiger partial charge in [-0.2, -0.15) is 13.2 Å². The van der Waals surface area contributed by atoms with Crippen LogP contribution in [0.4, 0.5) is 13.2 Å². The van der Waals surface area contributed by atoms with E-state index in [4.69, 9.17) is 0 Å². The Hall–Kier alpha value is -2.91. The molecule has 0 fully saturated rings. The van der Waals surface area contributed by atoms with Gasteiger partial charge in [-0.05, 0) is 12.1 Å². The van der Waals surface area contributed by atoms with E-state index >= 15 is 0 Å². The zero-order chi connectivity index (χ0) is 15.5. The third kappa shape index (κ3) is 3.35. The molecule has 7 nitrogen and oxygen atoms in total. The number of aromatic nitrogens is 2. The summed E-state index contributed by atoms with van der Waals surface area (Å²) >= 11 is 0. The molecule has 110 valence electrons. The van der Waals surface area contributed by atoms with E-state index in [1.54, 1.807) is 6.07 Å². The van der Waals surface area contributed by atoms with E-state index in [0.717, 1.165) is 0 Å². The summed E-state index contributed by atoms with van der Waals surface area (Å²) in [7, 11) is 0. The normalized spacial score (nSPS) is 11.0. The van der Waals surface area contributed by atoms with Crippen LogP contribution in [0.2, 0.25) is 0 Å². The maximum absolute atomic E-state index is 12.5. The van der Waals surface area contributed by atoms with Gasteiger partial charge < -0.3 is 4.52 Å². The van der Waals surface area contributed by atoms with Crippen molar-refractivity contribution in [2.45, 2.75) is 6.18 Å². The van der Waals surface area contributed by atoms with Gasteiger partial charge in [0.1, 0.15) is 17.5 Å². The standard InChI is InChI=1S/C11H7F3N4O3/c12-11(13,14)8-6(5-21-18-8)9(19)16-17-10(20)7-3-1-2-4-15-7/h1-5H,(H,16,19)(H,17,20). The van der Waals surface area contributed by atoms with Crippen LogP contribution in [0.1, 0.15) is 26.5 Å². The molecule has 0 saturated heterocycles. The molecule has 2 aromatic heterocycles. The van der Waals surface area contributed by atoms with Gasteiger partial charge in [0.15, 0.2) is 5.69 Å². The molecule has 10 heteroatoms. The molecule has 0 unspecified atom stereocenters. The molecule has 2 rings (SSSR count). The van der Waals surface area contributed by atoms with E-state index in [0.29, 0.717) is 6.26 Å². The molecular weight excluding hydrogens is 293 g/mol. The summed E-state index contributed by atoms with van der Waals surface area (Å²) in [5, 5.41) is 2.71. The Morgan fingerprint density at radius 1 is 1.14 bits per heavy atom. The number of carbonyl (C=O) groups is 2. The average molecular weight is 300 g/mol. The largest absolute Gasteiger partial charge is 0.437 e. The van der Waals surface area contributed by atoms with Crippen LogP contribution in [0, 0.1) is 0 Å². The first kappa shape index (κ1) is 14.5. The fourth-order valence-electron chi connectivity index (χ4n) is 1.34. The number of pyridine rings is 1. The van der Waals surface area contributed by atoms with E-state index in [9.17, 15) is 22.8 Å². The highest BCUT2D eigenvalue weighted by molar-refractivity contribution is 5.98. The summed E-state index contributed by atoms with van der Waals surface area (Å²) in [6.07, 6.45) is -2.96. The second-order valence-electron chi connectivity index (χ2n) is 3.70. The van der Waals surface area contributed by atoms with Crippen molar-refractivity contribution in [3.05, 3.63) is 47.6 Å². The minimum atomic E-state index is -4.84. The summed E-state index contributed by atoms with van der Waals surface area (Å²) in [5.74, 6) is -2.00. The SMILES string of the molecule is O=C(NNC(=O)c1conc1C(F)(F)F)c1ccccn1. The zero-order valence-electron chi connectivity index (χ0n) is 10.1. The molecule has 0 bridgehead atoms. The molecule has 0 aromatic carbocycles. The maximum atomic E-state index is 12.5. The van der Waals surface area contributed by atoms with E-state index in [1.165, 1.54) is 18.3 Å². The second kappa shape index (κ2) is 5.61. The Kier molecular flexibility index (Phi) is 3.87. The van der Waals surface area contributed by atoms with Gasteiger partial charge in [0.2, 0.25) is 0 Å². The van der Waals surface area contributed by atoms with Crippen LogP contribution in [-0.2, 0) is 6.18 Å². The van der Waals surface area contributed by atoms with Gasteiger partial charge in [-0.25, -0.2) is 0 Å². The number of hydrogen-bond acceptors (Lipinski definition) is 5. The van der Waals surface area contributed by atoms with Crippen molar-refractivity contribution < 1.29 is 27.3 Å². The van der Waals surface area contributed by atoms with E-state index in [-0.39, 0.29) is 5.69 Å². The second-order valence-corrected chi connectivity index (χ2v) is 3.70. The lowest BCUT2D eigenvalue weighted by Crippen LogP contribution is -2.42. The van der Waals surface area contributed by atoms with Crippen molar-refractivity contribution in [2.75, 3.05) is 0 Å². The molecule has 0 atom stereocenters. The fourth-order valence-corrected chi connectivity index (χ4v) is 1.34. The lowest BCUT2D eigenvalue weighted by Gasteiger charge is -2.07. The smallest absolute Gasteiger partial charge is 0.363 e. The number of halogens is 3. The number of carbonyl (C=O) groups excluding carboxylic acids is 2. The Morgan fingerprint density at radius 3 is 2.48 bits per heavy atom. The Bertz CT molecular complexity index is 654. The predicted molar refractivity (Wildman–Crippen MR) is 60.7 cm³/mol. The van der Waals surface area contributed by atoms with Gasteiger partial charge in [-0.3, -0.25) is 25.4 Å². The summed E-state index contributed by atoms with van der Waals surface area (Å²) in [6.45, 7) is 0. The topological polar surface area (TPSA) is 97.1 Å². The number of rotatable bonds is 2. The van der Waals surface area contributed by atoms with Crippen molar-refractivity contribution in [1.82, 2.24) is 21.0 Å². The molecule has 0 spiro atoms. The Morgan fingerprint density at radius 2 is 1.86 bits per heavy atom. The lowest BCUT2D eigenvalue weighted by molar-refractivity contribution is -0.143. The maximum Gasteiger partial charge on any atom is 0.437 e. The highest BCUT2D eigenvalue weighted by Gasteiger charge is 2.39. The highest BCUT2D eigenvalue weighted by Crippen LogP contribution is 2.30. The number of alkyl halides is 3. The average Bonchev–Trinajstić information content (AvgIpc) is 2.95. The third-order valence-corrected chi connectivity index (χ3v) is 2.27. The minimum Gasteiger partial charge on any atom is -0.363 e. The van der Waals surface area contributed by atoms with Crippen LogP contribution in [0.25, 0.3) is 0 Å². The van der Waals surface area contributed by atoms with Crippen molar-refractivity contribution in [2.24, 2.45) is 0 Å². The summed E-state index contributed by atoms with van der Waals surface area (Å²) in [5.41, 5.74) is 1.41. The van der Waals surface area contributed by atoms with E-state index < -0.39 is 29.2 Å².